The molecule has 1 aromatic heterocycles. The second-order valence-electron chi connectivity index (χ2n) is 10.5. The molecule has 8 nitrogen and oxygen atoms in total. The number of fused-ring (bicyclic) bond motifs is 6. The van der Waals surface area contributed by atoms with Crippen LogP contribution in [-0.4, -0.2) is 32.5 Å². The maximum absolute atomic E-state index is 14.1. The van der Waals surface area contributed by atoms with Crippen molar-refractivity contribution in [2.75, 3.05) is 0 Å². The van der Waals surface area contributed by atoms with E-state index in [1.54, 1.807) is 13.8 Å². The molecule has 3 aromatic rings. The zero-order valence-electron chi connectivity index (χ0n) is 21.6. The number of hydrogen-bond donors (Lipinski definition) is 4. The van der Waals surface area contributed by atoms with Crippen LogP contribution in [0, 0.1) is 6.92 Å². The number of carbonyl (C=O) groups is 3. The number of benzene rings is 2. The molecule has 0 radical (unpaired) electrons. The summed E-state index contributed by atoms with van der Waals surface area (Å²) >= 11 is 0. The van der Waals surface area contributed by atoms with Gasteiger partial charge in [-0.1, -0.05) is 18.2 Å². The van der Waals surface area contributed by atoms with Gasteiger partial charge in [0.1, 0.15) is 34.0 Å². The molecule has 0 fully saturated rings. The number of Topliss-reactive ketones (excluding diaryl/α,β-unsaturated/α-hetero) is 2. The lowest BCUT2D eigenvalue weighted by Crippen LogP contribution is -2.41. The van der Waals surface area contributed by atoms with Gasteiger partial charge in [-0.25, -0.2) is 0 Å². The second kappa shape index (κ2) is 8.08. The third kappa shape index (κ3) is 3.06. The molecular weight excluding hydrogens is 484 g/mol. The van der Waals surface area contributed by atoms with Crippen molar-refractivity contribution in [2.24, 2.45) is 0 Å². The Labute approximate surface area is 219 Å². The molecule has 2 atom stereocenters. The highest BCUT2D eigenvalue weighted by molar-refractivity contribution is 6.31. The number of aromatic hydroxyl groups is 2. The Morgan fingerprint density at radius 2 is 1.89 bits per heavy atom. The standard InChI is InChI=1S/C30H28N2O6/c1-13-26(35)23(15(3)33)28-24(27(13)36)30(4)21(38-28)12-20(34)22(29(30)37)14(2)31-19-11-7-9-17-16-8-5-6-10-18(16)32-25(17)19/h5-6,8,10,12,19,31-32,35-36H,7,9,11H2,1-4H3/t19?,30-/m0/s1. The number of ether oxygens (including phenoxy) is 1. The van der Waals surface area contributed by atoms with E-state index in [0.717, 1.165) is 30.5 Å². The summed E-state index contributed by atoms with van der Waals surface area (Å²) in [6, 6.07) is 8.02. The number of phenols is 2. The van der Waals surface area contributed by atoms with Gasteiger partial charge in [-0.15, -0.1) is 0 Å². The number of ketones is 3. The summed E-state index contributed by atoms with van der Waals surface area (Å²) in [7, 11) is 0. The van der Waals surface area contributed by atoms with Crippen molar-refractivity contribution in [3.8, 4) is 17.2 Å². The van der Waals surface area contributed by atoms with E-state index in [1.165, 1.54) is 30.9 Å². The molecule has 0 bridgehead atoms. The monoisotopic (exact) mass is 512 g/mol. The van der Waals surface area contributed by atoms with Gasteiger partial charge in [0.2, 0.25) is 0 Å². The number of para-hydroxylation sites is 1. The fourth-order valence-electron chi connectivity index (χ4n) is 6.26. The van der Waals surface area contributed by atoms with Crippen molar-refractivity contribution < 1.29 is 29.3 Å². The van der Waals surface area contributed by atoms with Gasteiger partial charge in [0.25, 0.3) is 0 Å². The average molecular weight is 513 g/mol. The molecule has 38 heavy (non-hydrogen) atoms. The summed E-state index contributed by atoms with van der Waals surface area (Å²) < 4.78 is 5.85. The van der Waals surface area contributed by atoms with E-state index in [0.29, 0.717) is 5.70 Å². The number of aryl methyl sites for hydroxylation is 1. The van der Waals surface area contributed by atoms with E-state index in [2.05, 4.69) is 16.4 Å². The van der Waals surface area contributed by atoms with E-state index in [-0.39, 0.29) is 45.6 Å². The highest BCUT2D eigenvalue weighted by Crippen LogP contribution is 2.57. The molecule has 0 saturated heterocycles. The van der Waals surface area contributed by atoms with Gasteiger partial charge in [0.05, 0.1) is 17.2 Å². The molecule has 6 rings (SSSR count). The molecule has 194 valence electrons. The first-order valence-electron chi connectivity index (χ1n) is 12.7. The van der Waals surface area contributed by atoms with E-state index < -0.39 is 28.5 Å². The van der Waals surface area contributed by atoms with Crippen molar-refractivity contribution in [3.63, 3.8) is 0 Å². The highest BCUT2D eigenvalue weighted by atomic mass is 16.5. The van der Waals surface area contributed by atoms with Crippen LogP contribution in [-0.2, 0) is 21.4 Å². The average Bonchev–Trinajstić information content (AvgIpc) is 3.39. The van der Waals surface area contributed by atoms with Crippen LogP contribution in [0.1, 0.15) is 72.4 Å². The van der Waals surface area contributed by atoms with Gasteiger partial charge in [-0.3, -0.25) is 14.4 Å². The molecule has 1 unspecified atom stereocenters. The van der Waals surface area contributed by atoms with Gasteiger partial charge < -0.3 is 25.3 Å². The third-order valence-electron chi connectivity index (χ3n) is 8.27. The lowest BCUT2D eigenvalue weighted by molar-refractivity contribution is -0.123. The van der Waals surface area contributed by atoms with E-state index >= 15 is 0 Å². The van der Waals surface area contributed by atoms with Gasteiger partial charge in [0, 0.05) is 33.9 Å². The Morgan fingerprint density at radius 3 is 2.63 bits per heavy atom. The van der Waals surface area contributed by atoms with Crippen LogP contribution in [0.4, 0.5) is 0 Å². The fraction of sp³-hybridized carbons (Fsp3) is 0.300. The smallest absolute Gasteiger partial charge is 0.194 e. The van der Waals surface area contributed by atoms with Gasteiger partial charge in [0.15, 0.2) is 17.3 Å². The van der Waals surface area contributed by atoms with Crippen LogP contribution < -0.4 is 10.1 Å². The van der Waals surface area contributed by atoms with Crippen LogP contribution in [0.3, 0.4) is 0 Å². The first-order chi connectivity index (χ1) is 18.1. The molecule has 0 saturated carbocycles. The highest BCUT2D eigenvalue weighted by Gasteiger charge is 2.56. The molecule has 0 amide bonds. The quantitative estimate of drug-likeness (QED) is 0.227. The zero-order valence-corrected chi connectivity index (χ0v) is 21.6. The minimum Gasteiger partial charge on any atom is -0.507 e. The number of H-pyrrole nitrogens is 1. The number of nitrogens with one attached hydrogen (secondary N) is 2. The van der Waals surface area contributed by atoms with Crippen LogP contribution in [0.15, 0.2) is 47.4 Å². The molecule has 2 aromatic carbocycles. The summed E-state index contributed by atoms with van der Waals surface area (Å²) in [6.45, 7) is 6.02. The molecule has 1 aliphatic heterocycles. The Morgan fingerprint density at radius 1 is 1.16 bits per heavy atom. The summed E-state index contributed by atoms with van der Waals surface area (Å²) in [5.41, 5.74) is 2.26. The molecule has 8 heteroatoms. The summed E-state index contributed by atoms with van der Waals surface area (Å²) in [4.78, 5) is 43.3. The minimum absolute atomic E-state index is 0.0227. The van der Waals surface area contributed by atoms with Crippen molar-refractivity contribution in [1.29, 1.82) is 0 Å². The SMILES string of the molecule is CC(=O)c1c(O)c(C)c(O)c2c1OC1=CC(=O)C(=C(C)NC3CCCc4c3[nH]c3ccccc43)C(=O)[C@@]12C. The molecule has 0 spiro atoms. The zero-order chi connectivity index (χ0) is 27.1. The van der Waals surface area contributed by atoms with Crippen LogP contribution in [0.2, 0.25) is 0 Å². The Hall–Kier alpha value is -4.33. The maximum Gasteiger partial charge on any atom is 0.194 e. The lowest BCUT2D eigenvalue weighted by atomic mass is 9.70. The predicted molar refractivity (Wildman–Crippen MR) is 140 cm³/mol. The number of carbonyl (C=O) groups excluding carboxylic acids is 3. The second-order valence-corrected chi connectivity index (χ2v) is 10.5. The first-order valence-corrected chi connectivity index (χ1v) is 12.7. The minimum atomic E-state index is -1.53. The normalized spacial score (nSPS) is 23.4. The van der Waals surface area contributed by atoms with Crippen LogP contribution in [0.25, 0.3) is 10.9 Å². The first kappa shape index (κ1) is 24.0. The van der Waals surface area contributed by atoms with Crippen molar-refractivity contribution in [2.45, 2.75) is 58.4 Å². The number of aromatic nitrogens is 1. The van der Waals surface area contributed by atoms with Crippen LogP contribution >= 0.6 is 0 Å². The molecular formula is C30H28N2O6. The van der Waals surface area contributed by atoms with Gasteiger partial charge >= 0.3 is 0 Å². The van der Waals surface area contributed by atoms with Gasteiger partial charge in [-0.05, 0) is 58.6 Å². The van der Waals surface area contributed by atoms with Crippen molar-refractivity contribution >= 4 is 28.3 Å². The van der Waals surface area contributed by atoms with Crippen molar-refractivity contribution in [3.05, 3.63) is 75.3 Å². The molecule has 2 aliphatic carbocycles. The topological polar surface area (TPSA) is 129 Å². The summed E-state index contributed by atoms with van der Waals surface area (Å²) in [6.07, 6.45) is 3.99. The Balaban J connectivity index is 1.45. The lowest BCUT2D eigenvalue weighted by Gasteiger charge is -2.30. The molecule has 2 heterocycles. The number of allylic oxidation sites excluding steroid dienone is 4. The Bertz CT molecular complexity index is 1670. The van der Waals surface area contributed by atoms with Gasteiger partial charge in [-0.2, -0.15) is 0 Å². The van der Waals surface area contributed by atoms with E-state index in [4.69, 9.17) is 4.74 Å². The van der Waals surface area contributed by atoms with E-state index in [9.17, 15) is 24.6 Å². The number of hydrogen-bond acceptors (Lipinski definition) is 7. The maximum atomic E-state index is 14.1. The predicted octanol–water partition coefficient (Wildman–Crippen LogP) is 4.72. The number of phenolic OH excluding ortho intramolecular Hbond substituents is 2. The fourth-order valence-corrected chi connectivity index (χ4v) is 6.26. The summed E-state index contributed by atoms with van der Waals surface area (Å²) in [5, 5.41) is 26.2. The number of aromatic amines is 1. The summed E-state index contributed by atoms with van der Waals surface area (Å²) in [5.74, 6) is -2.34. The molecule has 4 N–H and O–H groups in total. The largest absolute Gasteiger partial charge is 0.507 e. The number of rotatable bonds is 3. The van der Waals surface area contributed by atoms with Crippen molar-refractivity contribution in [1.82, 2.24) is 10.3 Å². The third-order valence-corrected chi connectivity index (χ3v) is 8.27. The van der Waals surface area contributed by atoms with E-state index in [1.807, 2.05) is 18.2 Å². The Kier molecular flexibility index (Phi) is 5.11. The van der Waals surface area contributed by atoms with Crippen LogP contribution in [0.5, 0.6) is 17.2 Å². The molecule has 3 aliphatic rings.